The molecule has 0 aliphatic carbocycles. The van der Waals surface area contributed by atoms with Crippen LogP contribution in [-0.4, -0.2) is 24.1 Å². The van der Waals surface area contributed by atoms with Crippen molar-refractivity contribution in [1.29, 1.82) is 0 Å². The number of hydrogen-bond donors (Lipinski definition) is 1. The minimum atomic E-state index is 0.200. The second-order valence-electron chi connectivity index (χ2n) is 4.79. The van der Waals surface area contributed by atoms with Crippen molar-refractivity contribution in [3.8, 4) is 0 Å². The highest BCUT2D eigenvalue weighted by Crippen LogP contribution is 2.27. The molecule has 1 unspecified atom stereocenters. The number of halogens is 1. The minimum Gasteiger partial charge on any atom is -0.357 e. The quantitative estimate of drug-likeness (QED) is 0.933. The molecule has 20 heavy (non-hydrogen) atoms. The molecule has 0 bridgehead atoms. The van der Waals surface area contributed by atoms with E-state index >= 15 is 0 Å². The van der Waals surface area contributed by atoms with Crippen molar-refractivity contribution in [3.63, 3.8) is 0 Å². The molecule has 1 N–H and O–H groups in total. The molecule has 5 heteroatoms. The van der Waals surface area contributed by atoms with Crippen LogP contribution in [0.1, 0.15) is 24.1 Å². The van der Waals surface area contributed by atoms with Crippen molar-refractivity contribution >= 4 is 23.4 Å². The third-order valence-corrected chi connectivity index (χ3v) is 3.69. The van der Waals surface area contributed by atoms with E-state index in [1.54, 1.807) is 0 Å². The normalized spacial score (nSPS) is 12.1. The second-order valence-corrected chi connectivity index (χ2v) is 5.23. The van der Waals surface area contributed by atoms with Crippen LogP contribution in [-0.2, 0) is 0 Å². The SMILES string of the molecule is CNc1ncc(C)c(N(C)C(C)c2ccc(Cl)cc2)n1. The smallest absolute Gasteiger partial charge is 0.224 e. The second kappa shape index (κ2) is 6.09. The average molecular weight is 291 g/mol. The van der Waals surface area contributed by atoms with Crippen LogP contribution in [0.25, 0.3) is 0 Å². The van der Waals surface area contributed by atoms with Crippen molar-refractivity contribution in [2.75, 3.05) is 24.3 Å². The van der Waals surface area contributed by atoms with Crippen LogP contribution in [0, 0.1) is 6.92 Å². The highest BCUT2D eigenvalue weighted by atomic mass is 35.5. The molecule has 0 fully saturated rings. The van der Waals surface area contributed by atoms with Gasteiger partial charge in [0.25, 0.3) is 0 Å². The van der Waals surface area contributed by atoms with E-state index in [4.69, 9.17) is 11.6 Å². The fourth-order valence-corrected chi connectivity index (χ4v) is 2.18. The predicted molar refractivity (Wildman–Crippen MR) is 84.6 cm³/mol. The summed E-state index contributed by atoms with van der Waals surface area (Å²) in [5, 5.41) is 3.72. The Balaban J connectivity index is 2.30. The molecule has 1 heterocycles. The first-order chi connectivity index (χ1) is 9.52. The van der Waals surface area contributed by atoms with Crippen molar-refractivity contribution in [2.45, 2.75) is 19.9 Å². The molecule has 4 nitrogen and oxygen atoms in total. The van der Waals surface area contributed by atoms with Crippen LogP contribution in [0.15, 0.2) is 30.5 Å². The van der Waals surface area contributed by atoms with Crippen LogP contribution < -0.4 is 10.2 Å². The lowest BCUT2D eigenvalue weighted by Crippen LogP contribution is -2.24. The van der Waals surface area contributed by atoms with E-state index in [9.17, 15) is 0 Å². The lowest BCUT2D eigenvalue weighted by molar-refractivity contribution is 0.724. The van der Waals surface area contributed by atoms with Gasteiger partial charge in [0.1, 0.15) is 5.82 Å². The first-order valence-corrected chi connectivity index (χ1v) is 6.90. The molecule has 106 valence electrons. The van der Waals surface area contributed by atoms with Crippen LogP contribution in [0.2, 0.25) is 5.02 Å². The average Bonchev–Trinajstić information content (AvgIpc) is 2.47. The summed E-state index contributed by atoms with van der Waals surface area (Å²) in [6.45, 7) is 4.16. The van der Waals surface area contributed by atoms with Gasteiger partial charge in [-0.25, -0.2) is 4.98 Å². The number of nitrogens with zero attached hydrogens (tertiary/aromatic N) is 3. The molecule has 0 spiro atoms. The molecule has 0 amide bonds. The summed E-state index contributed by atoms with van der Waals surface area (Å²) in [6.07, 6.45) is 1.83. The predicted octanol–water partition coefficient (Wildman–Crippen LogP) is 3.68. The van der Waals surface area contributed by atoms with E-state index in [0.29, 0.717) is 5.95 Å². The van der Waals surface area contributed by atoms with E-state index in [1.807, 2.05) is 51.5 Å². The van der Waals surface area contributed by atoms with Gasteiger partial charge in [-0.1, -0.05) is 23.7 Å². The Bertz CT molecular complexity index is 583. The topological polar surface area (TPSA) is 41.1 Å². The number of nitrogens with one attached hydrogen (secondary N) is 1. The molecular formula is C15H19ClN4. The van der Waals surface area contributed by atoms with Crippen LogP contribution in [0.4, 0.5) is 11.8 Å². The monoisotopic (exact) mass is 290 g/mol. The van der Waals surface area contributed by atoms with Gasteiger partial charge in [0.15, 0.2) is 0 Å². The Morgan fingerprint density at radius 1 is 1.25 bits per heavy atom. The van der Waals surface area contributed by atoms with Gasteiger partial charge in [-0.3, -0.25) is 0 Å². The third kappa shape index (κ3) is 3.02. The number of rotatable bonds is 4. The van der Waals surface area contributed by atoms with Crippen LogP contribution >= 0.6 is 11.6 Å². The third-order valence-electron chi connectivity index (χ3n) is 3.44. The van der Waals surface area contributed by atoms with E-state index < -0.39 is 0 Å². The Labute approximate surface area is 124 Å². The summed E-state index contributed by atoms with van der Waals surface area (Å²) in [4.78, 5) is 10.9. The van der Waals surface area contributed by atoms with Gasteiger partial charge in [-0.15, -0.1) is 0 Å². The first kappa shape index (κ1) is 14.6. The lowest BCUT2D eigenvalue weighted by atomic mass is 10.1. The van der Waals surface area contributed by atoms with Gasteiger partial charge in [-0.05, 0) is 31.5 Å². The zero-order chi connectivity index (χ0) is 14.7. The highest BCUT2D eigenvalue weighted by Gasteiger charge is 2.16. The maximum atomic E-state index is 5.94. The molecule has 0 aliphatic heterocycles. The minimum absolute atomic E-state index is 0.200. The molecule has 2 aromatic rings. The molecule has 0 radical (unpaired) electrons. The highest BCUT2D eigenvalue weighted by molar-refractivity contribution is 6.30. The lowest BCUT2D eigenvalue weighted by Gasteiger charge is -2.27. The fourth-order valence-electron chi connectivity index (χ4n) is 2.06. The Morgan fingerprint density at radius 3 is 2.50 bits per heavy atom. The fraction of sp³-hybridized carbons (Fsp3) is 0.333. The van der Waals surface area contributed by atoms with E-state index in [1.165, 1.54) is 5.56 Å². The van der Waals surface area contributed by atoms with Gasteiger partial charge in [0, 0.05) is 30.9 Å². The van der Waals surface area contributed by atoms with Crippen LogP contribution in [0.3, 0.4) is 0 Å². The summed E-state index contributed by atoms with van der Waals surface area (Å²) in [7, 11) is 3.85. The van der Waals surface area contributed by atoms with Gasteiger partial charge in [0.2, 0.25) is 5.95 Å². The summed E-state index contributed by atoms with van der Waals surface area (Å²) in [5.41, 5.74) is 2.24. The zero-order valence-corrected chi connectivity index (χ0v) is 12.9. The van der Waals surface area contributed by atoms with Crippen molar-refractivity contribution in [1.82, 2.24) is 9.97 Å². The molecule has 1 aromatic carbocycles. The van der Waals surface area contributed by atoms with Gasteiger partial charge < -0.3 is 10.2 Å². The summed E-state index contributed by atoms with van der Waals surface area (Å²) in [6, 6.07) is 8.10. The zero-order valence-electron chi connectivity index (χ0n) is 12.2. The number of anilines is 2. The summed E-state index contributed by atoms with van der Waals surface area (Å²) >= 11 is 5.94. The molecular weight excluding hydrogens is 272 g/mol. The standard InChI is InChI=1S/C15H19ClN4/c1-10-9-18-15(17-3)19-14(10)20(4)11(2)12-5-7-13(16)8-6-12/h5-9,11H,1-4H3,(H,17,18,19). The molecule has 2 rings (SSSR count). The van der Waals surface area contributed by atoms with Crippen molar-refractivity contribution < 1.29 is 0 Å². The van der Waals surface area contributed by atoms with Gasteiger partial charge in [-0.2, -0.15) is 4.98 Å². The van der Waals surface area contributed by atoms with E-state index in [0.717, 1.165) is 16.4 Å². The largest absolute Gasteiger partial charge is 0.357 e. The number of benzene rings is 1. The van der Waals surface area contributed by atoms with Crippen LogP contribution in [0.5, 0.6) is 0 Å². The van der Waals surface area contributed by atoms with Gasteiger partial charge >= 0.3 is 0 Å². The van der Waals surface area contributed by atoms with Gasteiger partial charge in [0.05, 0.1) is 6.04 Å². The molecule has 1 aromatic heterocycles. The van der Waals surface area contributed by atoms with E-state index in [2.05, 4.69) is 27.1 Å². The van der Waals surface area contributed by atoms with Crippen molar-refractivity contribution in [3.05, 3.63) is 46.6 Å². The Kier molecular flexibility index (Phi) is 4.45. The van der Waals surface area contributed by atoms with E-state index in [-0.39, 0.29) is 6.04 Å². The maximum Gasteiger partial charge on any atom is 0.224 e. The summed E-state index contributed by atoms with van der Waals surface area (Å²) < 4.78 is 0. The molecule has 0 saturated heterocycles. The number of aromatic nitrogens is 2. The maximum absolute atomic E-state index is 5.94. The first-order valence-electron chi connectivity index (χ1n) is 6.52. The molecule has 0 aliphatic rings. The Morgan fingerprint density at radius 2 is 1.90 bits per heavy atom. The number of aryl methyl sites for hydroxylation is 1. The molecule has 1 atom stereocenters. The van der Waals surface area contributed by atoms with Crippen molar-refractivity contribution in [2.24, 2.45) is 0 Å². The Hall–Kier alpha value is -1.81. The number of hydrogen-bond acceptors (Lipinski definition) is 4. The molecule has 0 saturated carbocycles. The summed E-state index contributed by atoms with van der Waals surface area (Å²) in [5.74, 6) is 1.55.